The molecule has 0 aliphatic rings. The Kier molecular flexibility index (Phi) is 7.89. The van der Waals surface area contributed by atoms with Gasteiger partial charge in [0.05, 0.1) is 0 Å². The highest BCUT2D eigenvalue weighted by Gasteiger charge is 2.10. The molecule has 0 aromatic heterocycles. The fraction of sp³-hybridized carbons (Fsp3) is 0.556. The van der Waals surface area contributed by atoms with Crippen molar-refractivity contribution in [2.45, 2.75) is 33.2 Å². The van der Waals surface area contributed by atoms with E-state index in [0.29, 0.717) is 12.6 Å². The molecule has 1 aromatic rings. The van der Waals surface area contributed by atoms with Crippen molar-refractivity contribution in [3.05, 3.63) is 29.8 Å². The van der Waals surface area contributed by atoms with Gasteiger partial charge in [0.25, 0.3) is 0 Å². The summed E-state index contributed by atoms with van der Waals surface area (Å²) in [5.41, 5.74) is 0.888. The van der Waals surface area contributed by atoms with Crippen molar-refractivity contribution in [1.82, 2.24) is 4.90 Å². The van der Waals surface area contributed by atoms with Gasteiger partial charge in [0.15, 0.2) is 0 Å². The summed E-state index contributed by atoms with van der Waals surface area (Å²) in [4.78, 5) is 2.33. The fourth-order valence-corrected chi connectivity index (χ4v) is 2.17. The SMILES string of the molecule is CC(C)CC(C)N(C)CCOc1ccc(C#CCO)cc1. The van der Waals surface area contributed by atoms with Crippen LogP contribution < -0.4 is 4.74 Å². The first-order chi connectivity index (χ1) is 10.0. The lowest BCUT2D eigenvalue weighted by molar-refractivity contribution is 0.184. The van der Waals surface area contributed by atoms with Crippen LogP contribution in [0, 0.1) is 17.8 Å². The lowest BCUT2D eigenvalue weighted by Gasteiger charge is -2.26. The minimum Gasteiger partial charge on any atom is -0.492 e. The van der Waals surface area contributed by atoms with Crippen molar-refractivity contribution >= 4 is 0 Å². The van der Waals surface area contributed by atoms with Crippen molar-refractivity contribution in [2.24, 2.45) is 5.92 Å². The number of aliphatic hydroxyl groups excluding tert-OH is 1. The van der Waals surface area contributed by atoms with E-state index in [9.17, 15) is 0 Å². The molecule has 116 valence electrons. The Morgan fingerprint density at radius 3 is 2.43 bits per heavy atom. The van der Waals surface area contributed by atoms with Crippen LogP contribution in [-0.4, -0.2) is 42.9 Å². The van der Waals surface area contributed by atoms with Crippen LogP contribution in [0.2, 0.25) is 0 Å². The van der Waals surface area contributed by atoms with E-state index in [1.165, 1.54) is 6.42 Å². The van der Waals surface area contributed by atoms with Crippen LogP contribution in [0.25, 0.3) is 0 Å². The van der Waals surface area contributed by atoms with Crippen LogP contribution in [0.1, 0.15) is 32.8 Å². The molecule has 0 amide bonds. The maximum Gasteiger partial charge on any atom is 0.119 e. The fourth-order valence-electron chi connectivity index (χ4n) is 2.17. The molecular weight excluding hydrogens is 262 g/mol. The number of hydrogen-bond acceptors (Lipinski definition) is 3. The number of nitrogens with zero attached hydrogens (tertiary/aromatic N) is 1. The molecule has 0 bridgehead atoms. The summed E-state index contributed by atoms with van der Waals surface area (Å²) in [6.07, 6.45) is 1.20. The maximum atomic E-state index is 8.65. The Balaban J connectivity index is 2.35. The lowest BCUT2D eigenvalue weighted by Crippen LogP contribution is -2.33. The summed E-state index contributed by atoms with van der Waals surface area (Å²) in [6.45, 7) is 8.25. The zero-order valence-electron chi connectivity index (χ0n) is 13.6. The van der Waals surface area contributed by atoms with Crippen molar-refractivity contribution < 1.29 is 9.84 Å². The third-order valence-corrected chi connectivity index (χ3v) is 3.44. The highest BCUT2D eigenvalue weighted by Crippen LogP contribution is 2.12. The van der Waals surface area contributed by atoms with Crippen LogP contribution in [0.3, 0.4) is 0 Å². The van der Waals surface area contributed by atoms with Gasteiger partial charge in [0.1, 0.15) is 19.0 Å². The smallest absolute Gasteiger partial charge is 0.119 e. The first-order valence-corrected chi connectivity index (χ1v) is 7.55. The van der Waals surface area contributed by atoms with E-state index in [2.05, 4.69) is 44.6 Å². The van der Waals surface area contributed by atoms with Gasteiger partial charge >= 0.3 is 0 Å². The lowest BCUT2D eigenvalue weighted by atomic mass is 10.0. The second kappa shape index (κ2) is 9.44. The monoisotopic (exact) mass is 289 g/mol. The predicted molar refractivity (Wildman–Crippen MR) is 87.4 cm³/mol. The minimum absolute atomic E-state index is 0.112. The van der Waals surface area contributed by atoms with E-state index in [0.717, 1.165) is 23.8 Å². The quantitative estimate of drug-likeness (QED) is 0.784. The average molecular weight is 289 g/mol. The highest BCUT2D eigenvalue weighted by molar-refractivity contribution is 5.38. The first kappa shape index (κ1) is 17.6. The number of aliphatic hydroxyl groups is 1. The van der Waals surface area contributed by atoms with E-state index in [1.54, 1.807) is 0 Å². The van der Waals surface area contributed by atoms with Crippen molar-refractivity contribution in [3.63, 3.8) is 0 Å². The molecule has 21 heavy (non-hydrogen) atoms. The largest absolute Gasteiger partial charge is 0.492 e. The molecule has 0 saturated heterocycles. The third kappa shape index (κ3) is 7.17. The van der Waals surface area contributed by atoms with Gasteiger partial charge in [-0.1, -0.05) is 25.7 Å². The molecule has 1 atom stereocenters. The van der Waals surface area contributed by atoms with Gasteiger partial charge in [-0.3, -0.25) is 0 Å². The van der Waals surface area contributed by atoms with Gasteiger partial charge in [0.2, 0.25) is 0 Å². The zero-order valence-corrected chi connectivity index (χ0v) is 13.6. The summed E-state index contributed by atoms with van der Waals surface area (Å²) in [7, 11) is 2.14. The molecular formula is C18H27NO2. The predicted octanol–water partition coefficient (Wildman–Crippen LogP) is 2.78. The number of rotatable bonds is 7. The molecule has 0 radical (unpaired) electrons. The van der Waals surface area contributed by atoms with Crippen molar-refractivity contribution in [2.75, 3.05) is 26.8 Å². The molecule has 1 aromatic carbocycles. The average Bonchev–Trinajstić information content (AvgIpc) is 2.45. The molecule has 1 unspecified atom stereocenters. The van der Waals surface area contributed by atoms with E-state index in [-0.39, 0.29) is 6.61 Å². The molecule has 0 saturated carbocycles. The van der Waals surface area contributed by atoms with Gasteiger partial charge in [-0.15, -0.1) is 0 Å². The zero-order chi connectivity index (χ0) is 15.7. The summed E-state index contributed by atoms with van der Waals surface area (Å²) < 4.78 is 5.75. The van der Waals surface area contributed by atoms with Crippen LogP contribution in [0.4, 0.5) is 0 Å². The summed E-state index contributed by atoms with van der Waals surface area (Å²) >= 11 is 0. The Labute approximate surface area is 128 Å². The number of ether oxygens (including phenoxy) is 1. The molecule has 3 nitrogen and oxygen atoms in total. The van der Waals surface area contributed by atoms with Crippen molar-refractivity contribution in [3.8, 4) is 17.6 Å². The van der Waals surface area contributed by atoms with Crippen molar-refractivity contribution in [1.29, 1.82) is 0 Å². The second-order valence-electron chi connectivity index (χ2n) is 5.79. The van der Waals surface area contributed by atoms with E-state index >= 15 is 0 Å². The van der Waals surface area contributed by atoms with E-state index < -0.39 is 0 Å². The van der Waals surface area contributed by atoms with Crippen LogP contribution in [-0.2, 0) is 0 Å². The Morgan fingerprint density at radius 1 is 1.19 bits per heavy atom. The molecule has 1 rings (SSSR count). The van der Waals surface area contributed by atoms with E-state index in [1.807, 2.05) is 24.3 Å². The van der Waals surface area contributed by atoms with Gasteiger partial charge in [-0.2, -0.15) is 0 Å². The minimum atomic E-state index is -0.112. The summed E-state index contributed by atoms with van der Waals surface area (Å²) in [5.74, 6) is 7.07. The summed E-state index contributed by atoms with van der Waals surface area (Å²) in [5, 5.41) is 8.65. The van der Waals surface area contributed by atoms with Crippen LogP contribution in [0.5, 0.6) is 5.75 Å². The third-order valence-electron chi connectivity index (χ3n) is 3.44. The molecule has 0 aliphatic heterocycles. The normalized spacial score (nSPS) is 12.1. The first-order valence-electron chi connectivity index (χ1n) is 7.55. The second-order valence-corrected chi connectivity index (χ2v) is 5.79. The Bertz CT molecular complexity index is 456. The molecule has 0 aliphatic carbocycles. The molecule has 0 fully saturated rings. The van der Waals surface area contributed by atoms with E-state index in [4.69, 9.17) is 9.84 Å². The number of benzene rings is 1. The Morgan fingerprint density at radius 2 is 1.86 bits per heavy atom. The summed E-state index contributed by atoms with van der Waals surface area (Å²) in [6, 6.07) is 8.22. The molecule has 3 heteroatoms. The highest BCUT2D eigenvalue weighted by atomic mass is 16.5. The van der Waals surface area contributed by atoms with Gasteiger partial charge in [-0.25, -0.2) is 0 Å². The topological polar surface area (TPSA) is 32.7 Å². The molecule has 0 spiro atoms. The van der Waals surface area contributed by atoms with Gasteiger partial charge in [0, 0.05) is 18.2 Å². The van der Waals surface area contributed by atoms with Gasteiger partial charge in [-0.05, 0) is 50.6 Å². The Hall–Kier alpha value is -1.50. The molecule has 1 N–H and O–H groups in total. The standard InChI is InChI=1S/C18H27NO2/c1-15(2)14-16(3)19(4)11-13-21-18-9-7-17(8-10-18)6-5-12-20/h7-10,15-16,20H,11-14H2,1-4H3. The number of hydrogen-bond donors (Lipinski definition) is 1. The maximum absolute atomic E-state index is 8.65. The van der Waals surface area contributed by atoms with Crippen LogP contribution in [0.15, 0.2) is 24.3 Å². The van der Waals surface area contributed by atoms with Crippen LogP contribution >= 0.6 is 0 Å². The molecule has 0 heterocycles. The number of likely N-dealkylation sites (N-methyl/N-ethyl adjacent to an activating group) is 1. The van der Waals surface area contributed by atoms with Gasteiger partial charge < -0.3 is 14.7 Å².